The summed E-state index contributed by atoms with van der Waals surface area (Å²) in [6.07, 6.45) is 0. The van der Waals surface area contributed by atoms with Gasteiger partial charge < -0.3 is 20.3 Å². The van der Waals surface area contributed by atoms with Crippen molar-refractivity contribution in [1.29, 1.82) is 0 Å². The van der Waals surface area contributed by atoms with Crippen LogP contribution in [-0.2, 0) is 9.53 Å². The van der Waals surface area contributed by atoms with Gasteiger partial charge in [-0.1, -0.05) is 42.5 Å². The molecule has 0 aromatic heterocycles. The Labute approximate surface area is 166 Å². The number of amides is 1. The fourth-order valence-electron chi connectivity index (χ4n) is 2.62. The van der Waals surface area contributed by atoms with Crippen molar-refractivity contribution in [2.24, 2.45) is 0 Å². The van der Waals surface area contributed by atoms with Crippen LogP contribution >= 0.6 is 0 Å². The van der Waals surface area contributed by atoms with E-state index in [4.69, 9.17) is 4.74 Å². The summed E-state index contributed by atoms with van der Waals surface area (Å²) in [5.41, 5.74) is 0.878. The van der Waals surface area contributed by atoms with Gasteiger partial charge in [-0.3, -0.25) is 9.59 Å². The van der Waals surface area contributed by atoms with E-state index in [1.165, 1.54) is 12.1 Å². The quantitative estimate of drug-likeness (QED) is 0.440. The molecule has 0 unspecified atom stereocenters. The molecule has 0 aliphatic rings. The monoisotopic (exact) mass is 391 g/mol. The van der Waals surface area contributed by atoms with Crippen LogP contribution in [0.1, 0.15) is 26.3 Å². The Balaban J connectivity index is 1.67. The third-order valence-electron chi connectivity index (χ3n) is 4.02. The van der Waals surface area contributed by atoms with Gasteiger partial charge in [-0.25, -0.2) is 4.79 Å². The lowest BCUT2D eigenvalue weighted by molar-refractivity contribution is -0.119. The molecule has 3 rings (SSSR count). The maximum atomic E-state index is 12.7. The van der Waals surface area contributed by atoms with Gasteiger partial charge in [0.25, 0.3) is 5.91 Å². The lowest BCUT2D eigenvalue weighted by Gasteiger charge is -2.11. The molecule has 1 amide bonds. The van der Waals surface area contributed by atoms with Crippen LogP contribution in [0.25, 0.3) is 0 Å². The normalized spacial score (nSPS) is 10.2. The fraction of sp³-hybridized carbons (Fsp3) is 0.0455. The number of esters is 1. The molecule has 0 aliphatic heterocycles. The molecule has 0 atom stereocenters. The topological polar surface area (TPSA) is 113 Å². The Kier molecular flexibility index (Phi) is 5.89. The minimum Gasteiger partial charge on any atom is -0.508 e. The van der Waals surface area contributed by atoms with Gasteiger partial charge in [-0.05, 0) is 24.3 Å². The molecule has 29 heavy (non-hydrogen) atoms. The molecule has 7 heteroatoms. The van der Waals surface area contributed by atoms with Crippen molar-refractivity contribution in [2.75, 3.05) is 11.9 Å². The second-order valence-electron chi connectivity index (χ2n) is 6.07. The first kappa shape index (κ1) is 19.6. The number of carbonyl (C=O) groups is 3. The molecule has 0 saturated carbocycles. The number of ketones is 1. The van der Waals surface area contributed by atoms with Crippen LogP contribution in [0.2, 0.25) is 0 Å². The summed E-state index contributed by atoms with van der Waals surface area (Å²) in [7, 11) is 0. The summed E-state index contributed by atoms with van der Waals surface area (Å²) >= 11 is 0. The Hall–Kier alpha value is -4.13. The summed E-state index contributed by atoms with van der Waals surface area (Å²) in [6.45, 7) is -0.618. The maximum Gasteiger partial charge on any atom is 0.342 e. The second kappa shape index (κ2) is 8.71. The van der Waals surface area contributed by atoms with Gasteiger partial charge in [-0.2, -0.15) is 0 Å². The first-order valence-corrected chi connectivity index (χ1v) is 8.63. The van der Waals surface area contributed by atoms with Crippen molar-refractivity contribution < 1.29 is 29.3 Å². The SMILES string of the molecule is O=C(COC(=O)c1ccc(O)cc1O)Nc1ccccc1C(=O)c1ccccc1. The molecule has 3 N–H and O–H groups in total. The minimum absolute atomic E-state index is 0.185. The highest BCUT2D eigenvalue weighted by Crippen LogP contribution is 2.23. The molecule has 146 valence electrons. The number of phenolic OH excluding ortho intramolecular Hbond substituents is 2. The molecule has 0 spiro atoms. The van der Waals surface area contributed by atoms with Crippen LogP contribution in [0.15, 0.2) is 72.8 Å². The van der Waals surface area contributed by atoms with E-state index in [0.29, 0.717) is 11.1 Å². The Bertz CT molecular complexity index is 1060. The summed E-state index contributed by atoms with van der Waals surface area (Å²) in [5, 5.41) is 21.5. The Morgan fingerprint density at radius 1 is 0.828 bits per heavy atom. The van der Waals surface area contributed by atoms with Gasteiger partial charge in [0, 0.05) is 17.2 Å². The second-order valence-corrected chi connectivity index (χ2v) is 6.07. The Morgan fingerprint density at radius 2 is 1.52 bits per heavy atom. The summed E-state index contributed by atoms with van der Waals surface area (Å²) < 4.78 is 4.89. The van der Waals surface area contributed by atoms with E-state index in [1.807, 2.05) is 0 Å². The maximum absolute atomic E-state index is 12.7. The molecule has 0 fully saturated rings. The minimum atomic E-state index is -0.925. The number of phenols is 2. The predicted octanol–water partition coefficient (Wildman–Crippen LogP) is 3.12. The lowest BCUT2D eigenvalue weighted by Crippen LogP contribution is -2.22. The molecule has 0 saturated heterocycles. The summed E-state index contributed by atoms with van der Waals surface area (Å²) in [6, 6.07) is 18.5. The van der Waals surface area contributed by atoms with Crippen LogP contribution in [0, 0.1) is 0 Å². The highest BCUT2D eigenvalue weighted by Gasteiger charge is 2.17. The van der Waals surface area contributed by atoms with Gasteiger partial charge in [0.1, 0.15) is 17.1 Å². The van der Waals surface area contributed by atoms with Crippen LogP contribution in [-0.4, -0.2) is 34.5 Å². The van der Waals surface area contributed by atoms with Gasteiger partial charge >= 0.3 is 5.97 Å². The molecular formula is C22H17NO6. The van der Waals surface area contributed by atoms with E-state index in [9.17, 15) is 24.6 Å². The predicted molar refractivity (Wildman–Crippen MR) is 105 cm³/mol. The molecule has 0 bridgehead atoms. The van der Waals surface area contributed by atoms with E-state index >= 15 is 0 Å². The molecule has 0 radical (unpaired) electrons. The third-order valence-corrected chi connectivity index (χ3v) is 4.02. The first-order valence-electron chi connectivity index (χ1n) is 8.63. The van der Waals surface area contributed by atoms with Gasteiger partial charge in [0.05, 0.1) is 5.69 Å². The zero-order valence-corrected chi connectivity index (χ0v) is 15.2. The number of hydrogen-bond donors (Lipinski definition) is 3. The standard InChI is InChI=1S/C22H17NO6/c24-15-10-11-17(19(25)12-15)22(28)29-13-20(26)23-18-9-5-4-8-16(18)21(27)14-6-2-1-3-7-14/h1-12,24-25H,13H2,(H,23,26). The fourth-order valence-corrected chi connectivity index (χ4v) is 2.62. The van der Waals surface area contributed by atoms with E-state index < -0.39 is 24.2 Å². The zero-order valence-electron chi connectivity index (χ0n) is 15.2. The first-order chi connectivity index (χ1) is 14.0. The lowest BCUT2D eigenvalue weighted by atomic mass is 10.0. The number of para-hydroxylation sites is 1. The molecule has 0 heterocycles. The van der Waals surface area contributed by atoms with E-state index in [2.05, 4.69) is 5.32 Å². The largest absolute Gasteiger partial charge is 0.508 e. The van der Waals surface area contributed by atoms with Crippen LogP contribution in [0.3, 0.4) is 0 Å². The van der Waals surface area contributed by atoms with Crippen molar-refractivity contribution in [1.82, 2.24) is 0 Å². The average molecular weight is 391 g/mol. The van der Waals surface area contributed by atoms with Crippen molar-refractivity contribution in [3.8, 4) is 11.5 Å². The van der Waals surface area contributed by atoms with E-state index in [1.54, 1.807) is 54.6 Å². The van der Waals surface area contributed by atoms with Crippen LogP contribution < -0.4 is 5.32 Å². The van der Waals surface area contributed by atoms with Crippen LogP contribution in [0.5, 0.6) is 11.5 Å². The van der Waals surface area contributed by atoms with Crippen molar-refractivity contribution in [3.63, 3.8) is 0 Å². The average Bonchev–Trinajstić information content (AvgIpc) is 2.72. The number of anilines is 1. The van der Waals surface area contributed by atoms with Crippen molar-refractivity contribution >= 4 is 23.3 Å². The summed E-state index contributed by atoms with van der Waals surface area (Å²) in [5.74, 6) is -2.51. The number of aromatic hydroxyl groups is 2. The van der Waals surface area contributed by atoms with Crippen molar-refractivity contribution in [3.05, 3.63) is 89.5 Å². The van der Waals surface area contributed by atoms with E-state index in [0.717, 1.165) is 6.07 Å². The van der Waals surface area contributed by atoms with Crippen molar-refractivity contribution in [2.45, 2.75) is 0 Å². The highest BCUT2D eigenvalue weighted by atomic mass is 16.5. The van der Waals surface area contributed by atoms with Gasteiger partial charge in [0.2, 0.25) is 0 Å². The zero-order chi connectivity index (χ0) is 20.8. The van der Waals surface area contributed by atoms with Crippen LogP contribution in [0.4, 0.5) is 5.69 Å². The Morgan fingerprint density at radius 3 is 2.24 bits per heavy atom. The number of benzene rings is 3. The number of rotatable bonds is 6. The van der Waals surface area contributed by atoms with Gasteiger partial charge in [0.15, 0.2) is 12.4 Å². The molecular weight excluding hydrogens is 374 g/mol. The van der Waals surface area contributed by atoms with E-state index in [-0.39, 0.29) is 22.8 Å². The molecule has 3 aromatic rings. The number of carbonyl (C=O) groups excluding carboxylic acids is 3. The highest BCUT2D eigenvalue weighted by molar-refractivity contribution is 6.14. The molecule has 0 aliphatic carbocycles. The number of hydrogen-bond acceptors (Lipinski definition) is 6. The van der Waals surface area contributed by atoms with Gasteiger partial charge in [-0.15, -0.1) is 0 Å². The summed E-state index contributed by atoms with van der Waals surface area (Å²) in [4.78, 5) is 36.9. The molecule has 3 aromatic carbocycles. The number of nitrogens with one attached hydrogen (secondary N) is 1. The smallest absolute Gasteiger partial charge is 0.342 e. The number of ether oxygens (including phenoxy) is 1. The third kappa shape index (κ3) is 4.78. The molecule has 7 nitrogen and oxygen atoms in total.